The summed E-state index contributed by atoms with van der Waals surface area (Å²) in [4.78, 5) is 23.2. The van der Waals surface area contributed by atoms with Crippen LogP contribution < -0.4 is 5.32 Å². The SMILES string of the molecule is O=C1Nc2ccc(Cl)cc2C(=O)C1(Cl)c1cccc(Cl)c1. The summed E-state index contributed by atoms with van der Waals surface area (Å²) in [6.45, 7) is 0. The van der Waals surface area contributed by atoms with Crippen LogP contribution in [-0.2, 0) is 9.67 Å². The molecule has 1 atom stereocenters. The Morgan fingerprint density at radius 2 is 1.67 bits per heavy atom. The molecule has 0 radical (unpaired) electrons. The molecule has 1 unspecified atom stereocenters. The average molecular weight is 341 g/mol. The standard InChI is InChI=1S/C15H8Cl3NO2/c16-9-3-1-2-8(6-9)15(18)13(20)11-7-10(17)4-5-12(11)19-14(15)21/h1-7H,(H,19,21). The number of fused-ring (bicyclic) bond motifs is 1. The molecule has 2 aromatic carbocycles. The third kappa shape index (κ3) is 2.22. The fraction of sp³-hybridized carbons (Fsp3) is 0.0667. The van der Waals surface area contributed by atoms with Crippen LogP contribution in [0.4, 0.5) is 5.69 Å². The molecule has 1 amide bonds. The van der Waals surface area contributed by atoms with E-state index in [0.29, 0.717) is 21.3 Å². The van der Waals surface area contributed by atoms with Gasteiger partial charge in [0, 0.05) is 15.6 Å². The van der Waals surface area contributed by atoms with Crippen LogP contribution in [0.25, 0.3) is 0 Å². The quantitative estimate of drug-likeness (QED) is 0.623. The van der Waals surface area contributed by atoms with Crippen molar-refractivity contribution in [2.45, 2.75) is 4.87 Å². The lowest BCUT2D eigenvalue weighted by atomic mass is 9.85. The molecule has 21 heavy (non-hydrogen) atoms. The number of Topliss-reactive ketones (excluding diaryl/α,β-unsaturated/α-hetero) is 1. The van der Waals surface area contributed by atoms with Crippen LogP contribution in [0.2, 0.25) is 10.0 Å². The minimum Gasteiger partial charge on any atom is -0.323 e. The number of benzene rings is 2. The second-order valence-electron chi connectivity index (χ2n) is 4.64. The molecule has 3 rings (SSSR count). The number of hydrogen-bond donors (Lipinski definition) is 1. The molecule has 1 N–H and O–H groups in total. The molecule has 2 aromatic rings. The van der Waals surface area contributed by atoms with Gasteiger partial charge in [-0.1, -0.05) is 46.9 Å². The van der Waals surface area contributed by atoms with Gasteiger partial charge in [-0.15, -0.1) is 0 Å². The Hall–Kier alpha value is -1.55. The van der Waals surface area contributed by atoms with Gasteiger partial charge in [0.05, 0.1) is 5.69 Å². The molecule has 0 aliphatic carbocycles. The molecule has 0 aromatic heterocycles. The lowest BCUT2D eigenvalue weighted by Gasteiger charge is -2.30. The summed E-state index contributed by atoms with van der Waals surface area (Å²) in [5.74, 6) is -1.13. The van der Waals surface area contributed by atoms with Crippen molar-refractivity contribution in [1.29, 1.82) is 0 Å². The van der Waals surface area contributed by atoms with Gasteiger partial charge in [0.15, 0.2) is 5.78 Å². The van der Waals surface area contributed by atoms with Crippen molar-refractivity contribution >= 4 is 52.2 Å². The van der Waals surface area contributed by atoms with Gasteiger partial charge >= 0.3 is 0 Å². The number of hydrogen-bond acceptors (Lipinski definition) is 2. The maximum atomic E-state index is 12.7. The molecule has 0 bridgehead atoms. The molecule has 106 valence electrons. The van der Waals surface area contributed by atoms with Gasteiger partial charge in [-0.2, -0.15) is 0 Å². The van der Waals surface area contributed by atoms with Gasteiger partial charge in [0.1, 0.15) is 0 Å². The van der Waals surface area contributed by atoms with E-state index in [1.807, 2.05) is 0 Å². The number of halogens is 3. The lowest BCUT2D eigenvalue weighted by Crippen LogP contribution is -2.46. The summed E-state index contributed by atoms with van der Waals surface area (Å²) in [5, 5.41) is 3.42. The van der Waals surface area contributed by atoms with Gasteiger partial charge in [0.2, 0.25) is 4.87 Å². The van der Waals surface area contributed by atoms with Gasteiger partial charge in [-0.25, -0.2) is 0 Å². The van der Waals surface area contributed by atoms with Crippen LogP contribution in [0.5, 0.6) is 0 Å². The predicted octanol–water partition coefficient (Wildman–Crippen LogP) is 4.26. The van der Waals surface area contributed by atoms with E-state index >= 15 is 0 Å². The van der Waals surface area contributed by atoms with E-state index in [1.54, 1.807) is 30.3 Å². The fourth-order valence-corrected chi connectivity index (χ4v) is 2.90. The second kappa shape index (κ2) is 5.02. The third-order valence-electron chi connectivity index (χ3n) is 3.32. The Morgan fingerprint density at radius 1 is 0.952 bits per heavy atom. The first-order valence-electron chi connectivity index (χ1n) is 6.03. The smallest absolute Gasteiger partial charge is 0.258 e. The van der Waals surface area contributed by atoms with Crippen LogP contribution in [0, 0.1) is 0 Å². The van der Waals surface area contributed by atoms with Gasteiger partial charge < -0.3 is 5.32 Å². The zero-order valence-corrected chi connectivity index (χ0v) is 12.8. The lowest BCUT2D eigenvalue weighted by molar-refractivity contribution is -0.117. The summed E-state index contributed by atoms with van der Waals surface area (Å²) < 4.78 is 0. The Bertz CT molecular complexity index is 775. The zero-order chi connectivity index (χ0) is 15.2. The van der Waals surface area contributed by atoms with E-state index in [1.165, 1.54) is 12.1 Å². The van der Waals surface area contributed by atoms with E-state index in [-0.39, 0.29) is 5.56 Å². The highest BCUT2D eigenvalue weighted by Gasteiger charge is 2.50. The molecule has 3 nitrogen and oxygen atoms in total. The summed E-state index contributed by atoms with van der Waals surface area (Å²) in [5.41, 5.74) is 0.995. The number of carbonyl (C=O) groups is 2. The first-order valence-corrected chi connectivity index (χ1v) is 7.17. The van der Waals surface area contributed by atoms with E-state index in [0.717, 1.165) is 0 Å². The summed E-state index contributed by atoms with van der Waals surface area (Å²) in [6.07, 6.45) is 0. The van der Waals surface area contributed by atoms with Crippen molar-refractivity contribution in [3.8, 4) is 0 Å². The average Bonchev–Trinajstić information content (AvgIpc) is 2.46. The number of amides is 1. The number of nitrogens with one attached hydrogen (secondary N) is 1. The zero-order valence-electron chi connectivity index (χ0n) is 10.5. The van der Waals surface area contributed by atoms with E-state index in [4.69, 9.17) is 34.8 Å². The Morgan fingerprint density at radius 3 is 2.38 bits per heavy atom. The first-order chi connectivity index (χ1) is 9.92. The van der Waals surface area contributed by atoms with Crippen molar-refractivity contribution in [2.24, 2.45) is 0 Å². The monoisotopic (exact) mass is 339 g/mol. The van der Waals surface area contributed by atoms with Crippen LogP contribution in [0.15, 0.2) is 42.5 Å². The first kappa shape index (κ1) is 14.4. The molecular formula is C15H8Cl3NO2. The topological polar surface area (TPSA) is 46.2 Å². The van der Waals surface area contributed by atoms with Crippen molar-refractivity contribution in [3.63, 3.8) is 0 Å². The summed E-state index contributed by atoms with van der Waals surface area (Å²) >= 11 is 18.2. The van der Waals surface area contributed by atoms with Crippen LogP contribution in [0.3, 0.4) is 0 Å². The normalized spacial score (nSPS) is 20.9. The van der Waals surface area contributed by atoms with Gasteiger partial charge in [0.25, 0.3) is 5.91 Å². The highest BCUT2D eigenvalue weighted by Crippen LogP contribution is 2.41. The molecule has 1 aliphatic heterocycles. The van der Waals surface area contributed by atoms with Crippen LogP contribution in [-0.4, -0.2) is 11.7 Å². The van der Waals surface area contributed by atoms with Crippen molar-refractivity contribution in [2.75, 3.05) is 5.32 Å². The van der Waals surface area contributed by atoms with Crippen LogP contribution in [0.1, 0.15) is 15.9 Å². The van der Waals surface area contributed by atoms with Crippen molar-refractivity contribution in [1.82, 2.24) is 0 Å². The number of rotatable bonds is 1. The summed E-state index contributed by atoms with van der Waals surface area (Å²) in [6, 6.07) is 11.0. The highest BCUT2D eigenvalue weighted by molar-refractivity contribution is 6.52. The second-order valence-corrected chi connectivity index (χ2v) is 6.08. The van der Waals surface area contributed by atoms with Crippen molar-refractivity contribution < 1.29 is 9.59 Å². The minimum atomic E-state index is -1.84. The largest absolute Gasteiger partial charge is 0.323 e. The summed E-state index contributed by atoms with van der Waals surface area (Å²) in [7, 11) is 0. The molecular weight excluding hydrogens is 333 g/mol. The van der Waals surface area contributed by atoms with Gasteiger partial charge in [-0.05, 0) is 35.9 Å². The number of alkyl halides is 1. The Labute approximate surface area is 135 Å². The number of carbonyl (C=O) groups excluding carboxylic acids is 2. The maximum Gasteiger partial charge on any atom is 0.258 e. The Kier molecular flexibility index (Phi) is 3.44. The molecule has 0 saturated heterocycles. The fourth-order valence-electron chi connectivity index (χ4n) is 2.28. The molecule has 1 heterocycles. The molecule has 0 spiro atoms. The number of ketones is 1. The van der Waals surface area contributed by atoms with Crippen molar-refractivity contribution in [3.05, 3.63) is 63.6 Å². The predicted molar refractivity (Wildman–Crippen MR) is 83.4 cm³/mol. The molecule has 0 fully saturated rings. The van der Waals surface area contributed by atoms with Crippen LogP contribution >= 0.6 is 34.8 Å². The Balaban J connectivity index is 2.20. The van der Waals surface area contributed by atoms with Gasteiger partial charge in [-0.3, -0.25) is 9.59 Å². The maximum absolute atomic E-state index is 12.7. The molecule has 0 saturated carbocycles. The van der Waals surface area contributed by atoms with E-state index in [9.17, 15) is 9.59 Å². The molecule has 1 aliphatic rings. The third-order valence-corrected chi connectivity index (χ3v) is 4.35. The van der Waals surface area contributed by atoms with E-state index < -0.39 is 16.6 Å². The molecule has 6 heteroatoms. The highest BCUT2D eigenvalue weighted by atomic mass is 35.5. The minimum absolute atomic E-state index is 0.275. The number of anilines is 1. The van der Waals surface area contributed by atoms with E-state index in [2.05, 4.69) is 5.32 Å².